The average Bonchev–Trinajstić information content (AvgIpc) is 2.67. The molecule has 1 aromatic heterocycles. The molecule has 0 unspecified atom stereocenters. The summed E-state index contributed by atoms with van der Waals surface area (Å²) in [6, 6.07) is 7.87. The molecule has 0 saturated carbocycles. The maximum absolute atomic E-state index is 11.1. The van der Waals surface area contributed by atoms with Gasteiger partial charge in [0.15, 0.2) is 0 Å². The molecule has 0 amide bonds. The van der Waals surface area contributed by atoms with Crippen molar-refractivity contribution < 1.29 is 9.90 Å². The second-order valence-electron chi connectivity index (χ2n) is 5.00. The van der Waals surface area contributed by atoms with E-state index in [2.05, 4.69) is 5.10 Å². The maximum atomic E-state index is 11.1. The van der Waals surface area contributed by atoms with Crippen LogP contribution in [0.5, 0.6) is 0 Å². The van der Waals surface area contributed by atoms with E-state index < -0.39 is 5.97 Å². The second-order valence-corrected chi connectivity index (χ2v) is 5.00. The van der Waals surface area contributed by atoms with Gasteiger partial charge in [-0.05, 0) is 26.0 Å². The van der Waals surface area contributed by atoms with Gasteiger partial charge in [0.25, 0.3) is 0 Å². The van der Waals surface area contributed by atoms with E-state index in [1.165, 1.54) is 0 Å². The molecule has 2 aromatic rings. The highest BCUT2D eigenvalue weighted by Crippen LogP contribution is 2.19. The first-order chi connectivity index (χ1) is 9.45. The van der Waals surface area contributed by atoms with Crippen molar-refractivity contribution in [2.45, 2.75) is 20.4 Å². The molecule has 2 rings (SSSR count). The Morgan fingerprint density at radius 3 is 2.45 bits per heavy atom. The molecule has 0 saturated heterocycles. The van der Waals surface area contributed by atoms with Crippen LogP contribution < -0.4 is 4.90 Å². The molecule has 0 radical (unpaired) electrons. The third-order valence-corrected chi connectivity index (χ3v) is 3.20. The highest BCUT2D eigenvalue weighted by atomic mass is 16.4. The van der Waals surface area contributed by atoms with Crippen molar-refractivity contribution in [3.8, 4) is 0 Å². The minimum absolute atomic E-state index is 0.0304. The lowest BCUT2D eigenvalue weighted by atomic mass is 10.2. The molecule has 1 aromatic carbocycles. The number of aromatic nitrogens is 2. The van der Waals surface area contributed by atoms with Crippen LogP contribution >= 0.6 is 0 Å². The van der Waals surface area contributed by atoms with Gasteiger partial charge < -0.3 is 10.0 Å². The molecular weight excluding hydrogens is 254 g/mol. The van der Waals surface area contributed by atoms with Crippen molar-refractivity contribution in [1.29, 1.82) is 0 Å². The molecule has 0 atom stereocenters. The quantitative estimate of drug-likeness (QED) is 0.906. The summed E-state index contributed by atoms with van der Waals surface area (Å²) in [7, 11) is 1.86. The first-order valence-corrected chi connectivity index (χ1v) is 6.48. The smallest absolute Gasteiger partial charge is 0.323 e. The van der Waals surface area contributed by atoms with E-state index in [0.717, 1.165) is 22.5 Å². The lowest BCUT2D eigenvalue weighted by Gasteiger charge is -2.22. The number of carboxylic acid groups (broad SMARTS) is 1. The number of rotatable bonds is 5. The maximum Gasteiger partial charge on any atom is 0.323 e. The number of nitrogens with zero attached hydrogens (tertiary/aromatic N) is 3. The number of anilines is 1. The molecule has 1 N–H and O–H groups in total. The molecule has 0 fully saturated rings. The van der Waals surface area contributed by atoms with Gasteiger partial charge in [-0.15, -0.1) is 0 Å². The summed E-state index contributed by atoms with van der Waals surface area (Å²) in [5.41, 5.74) is 4.02. The molecule has 0 spiro atoms. The molecule has 0 bridgehead atoms. The highest BCUT2D eigenvalue weighted by molar-refractivity contribution is 5.73. The number of hydrogen-bond donors (Lipinski definition) is 1. The highest BCUT2D eigenvalue weighted by Gasteiger charge is 2.14. The molecule has 0 aliphatic rings. The third kappa shape index (κ3) is 3.38. The van der Waals surface area contributed by atoms with Crippen LogP contribution in [0, 0.1) is 13.8 Å². The fourth-order valence-electron chi connectivity index (χ4n) is 2.17. The Kier molecular flexibility index (Phi) is 4.08. The molecule has 106 valence electrons. The van der Waals surface area contributed by atoms with E-state index in [-0.39, 0.29) is 6.54 Å². The zero-order valence-corrected chi connectivity index (χ0v) is 12.0. The van der Waals surface area contributed by atoms with E-state index >= 15 is 0 Å². The van der Waals surface area contributed by atoms with Crippen LogP contribution in [0.25, 0.3) is 0 Å². The van der Waals surface area contributed by atoms with Crippen LogP contribution in [0.2, 0.25) is 0 Å². The summed E-state index contributed by atoms with van der Waals surface area (Å²) in [6.45, 7) is 4.45. The predicted molar refractivity (Wildman–Crippen MR) is 77.8 cm³/mol. The summed E-state index contributed by atoms with van der Waals surface area (Å²) < 4.78 is 1.75. The molecule has 20 heavy (non-hydrogen) atoms. The van der Waals surface area contributed by atoms with Crippen molar-refractivity contribution in [2.24, 2.45) is 7.05 Å². The van der Waals surface area contributed by atoms with Crippen LogP contribution in [0.15, 0.2) is 30.5 Å². The van der Waals surface area contributed by atoms with Crippen LogP contribution in [0.1, 0.15) is 16.8 Å². The molecule has 1 heterocycles. The van der Waals surface area contributed by atoms with Gasteiger partial charge in [0, 0.05) is 31.0 Å². The Hall–Kier alpha value is -2.30. The summed E-state index contributed by atoms with van der Waals surface area (Å²) in [5, 5.41) is 13.4. The van der Waals surface area contributed by atoms with Gasteiger partial charge in [-0.25, -0.2) is 0 Å². The van der Waals surface area contributed by atoms with Crippen molar-refractivity contribution >= 4 is 11.7 Å². The van der Waals surface area contributed by atoms with E-state index in [1.54, 1.807) is 4.68 Å². The summed E-state index contributed by atoms with van der Waals surface area (Å²) >= 11 is 0. The van der Waals surface area contributed by atoms with Crippen molar-refractivity contribution in [3.05, 3.63) is 47.3 Å². The number of carbonyl (C=O) groups is 1. The van der Waals surface area contributed by atoms with Crippen molar-refractivity contribution in [3.63, 3.8) is 0 Å². The zero-order valence-electron chi connectivity index (χ0n) is 12.0. The Morgan fingerprint density at radius 2 is 1.95 bits per heavy atom. The minimum Gasteiger partial charge on any atom is -0.480 e. The average molecular weight is 273 g/mol. The predicted octanol–water partition coefficient (Wildman–Crippen LogP) is 2.13. The Balaban J connectivity index is 2.25. The molecule has 5 nitrogen and oxygen atoms in total. The van der Waals surface area contributed by atoms with Gasteiger partial charge >= 0.3 is 5.97 Å². The number of aliphatic carboxylic acids is 1. The van der Waals surface area contributed by atoms with Gasteiger partial charge in [-0.1, -0.05) is 17.7 Å². The standard InChI is InChI=1S/C15H19N3O2/c1-11-4-6-14(7-5-11)18(10-15(19)20)9-13-8-17(3)16-12(13)2/h4-8H,9-10H2,1-3H3,(H,19,20). The minimum atomic E-state index is -0.841. The van der Waals surface area contributed by atoms with Gasteiger partial charge in [0.05, 0.1) is 5.69 Å². The normalized spacial score (nSPS) is 10.6. The third-order valence-electron chi connectivity index (χ3n) is 3.20. The van der Waals surface area contributed by atoms with E-state index in [9.17, 15) is 4.79 Å². The first-order valence-electron chi connectivity index (χ1n) is 6.48. The number of benzene rings is 1. The first kappa shape index (κ1) is 14.1. The number of carboxylic acids is 1. The fraction of sp³-hybridized carbons (Fsp3) is 0.333. The topological polar surface area (TPSA) is 58.4 Å². The largest absolute Gasteiger partial charge is 0.480 e. The van der Waals surface area contributed by atoms with Crippen molar-refractivity contribution in [1.82, 2.24) is 9.78 Å². The molecule has 5 heteroatoms. The van der Waals surface area contributed by atoms with Crippen LogP contribution in [-0.4, -0.2) is 27.4 Å². The number of hydrogen-bond acceptors (Lipinski definition) is 3. The molecule has 0 aliphatic heterocycles. The van der Waals surface area contributed by atoms with Gasteiger partial charge in [0.2, 0.25) is 0 Å². The Bertz CT molecular complexity index is 602. The van der Waals surface area contributed by atoms with Crippen LogP contribution in [0.4, 0.5) is 5.69 Å². The lowest BCUT2D eigenvalue weighted by molar-refractivity contribution is -0.135. The van der Waals surface area contributed by atoms with E-state index in [1.807, 2.05) is 56.3 Å². The fourth-order valence-corrected chi connectivity index (χ4v) is 2.17. The summed E-state index contributed by atoms with van der Waals surface area (Å²) in [6.07, 6.45) is 1.93. The van der Waals surface area contributed by atoms with E-state index in [4.69, 9.17) is 5.11 Å². The SMILES string of the molecule is Cc1ccc(N(CC(=O)O)Cc2cn(C)nc2C)cc1. The van der Waals surface area contributed by atoms with Gasteiger partial charge in [-0.2, -0.15) is 5.10 Å². The Labute approximate surface area is 118 Å². The van der Waals surface area contributed by atoms with Gasteiger partial charge in [-0.3, -0.25) is 9.48 Å². The molecular formula is C15H19N3O2. The monoisotopic (exact) mass is 273 g/mol. The van der Waals surface area contributed by atoms with Crippen LogP contribution in [0.3, 0.4) is 0 Å². The summed E-state index contributed by atoms with van der Waals surface area (Å²) in [5.74, 6) is -0.841. The molecule has 0 aliphatic carbocycles. The lowest BCUT2D eigenvalue weighted by Crippen LogP contribution is -2.29. The summed E-state index contributed by atoms with van der Waals surface area (Å²) in [4.78, 5) is 12.9. The van der Waals surface area contributed by atoms with E-state index in [0.29, 0.717) is 6.54 Å². The van der Waals surface area contributed by atoms with Crippen LogP contribution in [-0.2, 0) is 18.4 Å². The zero-order chi connectivity index (χ0) is 14.7. The number of aryl methyl sites for hydroxylation is 3. The van der Waals surface area contributed by atoms with Gasteiger partial charge in [0.1, 0.15) is 6.54 Å². The Morgan fingerprint density at radius 1 is 1.30 bits per heavy atom. The van der Waals surface area contributed by atoms with Crippen molar-refractivity contribution in [2.75, 3.05) is 11.4 Å². The second kappa shape index (κ2) is 5.77.